The van der Waals surface area contributed by atoms with E-state index in [0.29, 0.717) is 6.61 Å². The van der Waals surface area contributed by atoms with E-state index in [4.69, 9.17) is 4.74 Å². The molecule has 0 N–H and O–H groups in total. The first kappa shape index (κ1) is 7.56. The Bertz CT molecular complexity index is 517. The van der Waals surface area contributed by atoms with Gasteiger partial charge in [0.2, 0.25) is 0 Å². The summed E-state index contributed by atoms with van der Waals surface area (Å²) in [5.41, 5.74) is 3.21. The van der Waals surface area contributed by atoms with Gasteiger partial charge in [0.25, 0.3) is 0 Å². The molecule has 2 heterocycles. The molecule has 2 aromatic rings. The van der Waals surface area contributed by atoms with E-state index < -0.39 is 0 Å². The Morgan fingerprint density at radius 2 is 2.14 bits per heavy atom. The summed E-state index contributed by atoms with van der Waals surface area (Å²) in [5.74, 6) is 0. The molecule has 1 aliphatic rings. The molecule has 0 amide bonds. The van der Waals surface area contributed by atoms with E-state index in [1.54, 1.807) is 6.26 Å². The van der Waals surface area contributed by atoms with Gasteiger partial charge in [-0.05, 0) is 18.2 Å². The molecule has 0 unspecified atom stereocenters. The third-order valence-corrected chi connectivity index (χ3v) is 2.40. The van der Waals surface area contributed by atoms with Gasteiger partial charge in [-0.25, -0.2) is 4.98 Å². The van der Waals surface area contributed by atoms with E-state index in [2.05, 4.69) is 17.1 Å². The smallest absolute Gasteiger partial charge is 0.130 e. The number of ether oxygens (including phenoxy) is 1. The first-order valence-corrected chi connectivity index (χ1v) is 4.60. The van der Waals surface area contributed by atoms with E-state index >= 15 is 0 Å². The summed E-state index contributed by atoms with van der Waals surface area (Å²) in [6.07, 6.45) is 3.68. The van der Waals surface area contributed by atoms with E-state index in [1.165, 1.54) is 5.39 Å². The van der Waals surface area contributed by atoms with Crippen molar-refractivity contribution in [3.8, 4) is 0 Å². The second kappa shape index (κ2) is 2.84. The molecular formula is C12H9NO. The van der Waals surface area contributed by atoms with Crippen LogP contribution in [0, 0.1) is 0 Å². The highest BCUT2D eigenvalue weighted by Gasteiger charge is 2.07. The summed E-state index contributed by atoms with van der Waals surface area (Å²) in [6.45, 7) is 0.580. The van der Waals surface area contributed by atoms with Gasteiger partial charge < -0.3 is 4.74 Å². The highest BCUT2D eigenvalue weighted by molar-refractivity contribution is 5.81. The quantitative estimate of drug-likeness (QED) is 0.626. The highest BCUT2D eigenvalue weighted by atomic mass is 16.5. The minimum Gasteiger partial charge on any atom is -0.495 e. The number of hydrogen-bond donors (Lipinski definition) is 0. The number of para-hydroxylation sites is 1. The molecule has 1 aromatic heterocycles. The Morgan fingerprint density at radius 1 is 1.21 bits per heavy atom. The normalized spacial score (nSPS) is 13.7. The third-order valence-electron chi connectivity index (χ3n) is 2.40. The zero-order valence-corrected chi connectivity index (χ0v) is 7.60. The molecular weight excluding hydrogens is 174 g/mol. The van der Waals surface area contributed by atoms with Crippen molar-refractivity contribution in [3.63, 3.8) is 0 Å². The van der Waals surface area contributed by atoms with Crippen LogP contribution in [0.2, 0.25) is 0 Å². The summed E-state index contributed by atoms with van der Waals surface area (Å²) >= 11 is 0. The van der Waals surface area contributed by atoms with Gasteiger partial charge in [-0.2, -0.15) is 0 Å². The molecule has 0 atom stereocenters. The van der Waals surface area contributed by atoms with Gasteiger partial charge in [0, 0.05) is 10.9 Å². The van der Waals surface area contributed by atoms with Crippen molar-refractivity contribution in [2.45, 2.75) is 6.61 Å². The van der Waals surface area contributed by atoms with Crippen LogP contribution in [0.4, 0.5) is 0 Å². The summed E-state index contributed by atoms with van der Waals surface area (Å²) in [5, 5.41) is 1.18. The lowest BCUT2D eigenvalue weighted by molar-refractivity contribution is 0.230. The molecule has 2 heteroatoms. The number of pyridine rings is 1. The topological polar surface area (TPSA) is 22.1 Å². The van der Waals surface area contributed by atoms with Crippen molar-refractivity contribution in [1.29, 1.82) is 0 Å². The maximum atomic E-state index is 5.20. The SMILES string of the molecule is C1=Cc2cc3ccccc3nc2CO1. The lowest BCUT2D eigenvalue weighted by Crippen LogP contribution is -1.99. The maximum Gasteiger partial charge on any atom is 0.130 e. The predicted molar refractivity (Wildman–Crippen MR) is 55.6 cm³/mol. The molecule has 0 bridgehead atoms. The fourth-order valence-electron chi connectivity index (χ4n) is 1.68. The monoisotopic (exact) mass is 183 g/mol. The van der Waals surface area contributed by atoms with Crippen LogP contribution in [0.25, 0.3) is 17.0 Å². The molecule has 0 spiro atoms. The highest BCUT2D eigenvalue weighted by Crippen LogP contribution is 2.21. The summed E-state index contributed by atoms with van der Waals surface area (Å²) in [7, 11) is 0. The Morgan fingerprint density at radius 3 is 3.14 bits per heavy atom. The number of hydrogen-bond acceptors (Lipinski definition) is 2. The first-order valence-electron chi connectivity index (χ1n) is 4.60. The third kappa shape index (κ3) is 1.08. The van der Waals surface area contributed by atoms with Crippen molar-refractivity contribution in [2.75, 3.05) is 0 Å². The van der Waals surface area contributed by atoms with E-state index in [9.17, 15) is 0 Å². The van der Waals surface area contributed by atoms with E-state index in [1.807, 2.05) is 24.3 Å². The Hall–Kier alpha value is -1.83. The second-order valence-electron chi connectivity index (χ2n) is 3.33. The zero-order chi connectivity index (χ0) is 9.38. The lowest BCUT2D eigenvalue weighted by atomic mass is 10.1. The second-order valence-corrected chi connectivity index (χ2v) is 3.33. The van der Waals surface area contributed by atoms with Crippen LogP contribution < -0.4 is 0 Å². The van der Waals surface area contributed by atoms with Crippen molar-refractivity contribution < 1.29 is 4.74 Å². The van der Waals surface area contributed by atoms with Crippen LogP contribution in [0.3, 0.4) is 0 Å². The van der Waals surface area contributed by atoms with Crippen LogP contribution in [0.5, 0.6) is 0 Å². The van der Waals surface area contributed by atoms with Gasteiger partial charge in [-0.15, -0.1) is 0 Å². The Balaban J connectivity index is 2.34. The predicted octanol–water partition coefficient (Wildman–Crippen LogP) is 2.74. The number of aromatic nitrogens is 1. The molecule has 0 saturated carbocycles. The molecule has 0 fully saturated rings. The van der Waals surface area contributed by atoms with Crippen LogP contribution in [-0.4, -0.2) is 4.98 Å². The maximum absolute atomic E-state index is 5.20. The molecule has 1 aliphatic heterocycles. The molecule has 68 valence electrons. The molecule has 0 saturated heterocycles. The van der Waals surface area contributed by atoms with Crippen LogP contribution >= 0.6 is 0 Å². The fraction of sp³-hybridized carbons (Fsp3) is 0.0833. The van der Waals surface area contributed by atoms with Gasteiger partial charge in [0.05, 0.1) is 17.5 Å². The first-order chi connectivity index (χ1) is 6.93. The van der Waals surface area contributed by atoms with Gasteiger partial charge in [-0.1, -0.05) is 18.2 Å². The number of rotatable bonds is 0. The van der Waals surface area contributed by atoms with Crippen molar-refractivity contribution >= 4 is 17.0 Å². The van der Waals surface area contributed by atoms with Gasteiger partial charge in [0.1, 0.15) is 6.61 Å². The van der Waals surface area contributed by atoms with Crippen LogP contribution in [-0.2, 0) is 11.3 Å². The lowest BCUT2D eigenvalue weighted by Gasteiger charge is -2.11. The van der Waals surface area contributed by atoms with Gasteiger partial charge in [-0.3, -0.25) is 0 Å². The summed E-state index contributed by atoms with van der Waals surface area (Å²) < 4.78 is 5.20. The number of benzene rings is 1. The number of fused-ring (bicyclic) bond motifs is 2. The van der Waals surface area contributed by atoms with Crippen molar-refractivity contribution in [3.05, 3.63) is 47.9 Å². The van der Waals surface area contributed by atoms with E-state index in [-0.39, 0.29) is 0 Å². The van der Waals surface area contributed by atoms with Crippen LogP contribution in [0.15, 0.2) is 36.6 Å². The van der Waals surface area contributed by atoms with Gasteiger partial charge in [0.15, 0.2) is 0 Å². The average Bonchev–Trinajstić information content (AvgIpc) is 2.26. The largest absolute Gasteiger partial charge is 0.495 e. The van der Waals surface area contributed by atoms with Crippen molar-refractivity contribution in [2.24, 2.45) is 0 Å². The van der Waals surface area contributed by atoms with Gasteiger partial charge >= 0.3 is 0 Å². The Kier molecular flexibility index (Phi) is 1.53. The minimum atomic E-state index is 0.580. The Labute approximate surface area is 81.8 Å². The summed E-state index contributed by atoms with van der Waals surface area (Å²) in [4.78, 5) is 4.54. The summed E-state index contributed by atoms with van der Waals surface area (Å²) in [6, 6.07) is 10.3. The molecule has 1 aromatic carbocycles. The van der Waals surface area contributed by atoms with Crippen molar-refractivity contribution in [1.82, 2.24) is 4.98 Å². The average molecular weight is 183 g/mol. The number of nitrogens with zero attached hydrogens (tertiary/aromatic N) is 1. The minimum absolute atomic E-state index is 0.580. The molecule has 3 rings (SSSR count). The molecule has 2 nitrogen and oxygen atoms in total. The molecule has 14 heavy (non-hydrogen) atoms. The fourth-order valence-corrected chi connectivity index (χ4v) is 1.68. The van der Waals surface area contributed by atoms with Crippen LogP contribution in [0.1, 0.15) is 11.3 Å². The molecule has 0 radical (unpaired) electrons. The standard InChI is InChI=1S/C12H9NO/c1-2-4-11-9(3-1)7-10-5-6-14-8-12(10)13-11/h1-7H,8H2. The van der Waals surface area contributed by atoms with E-state index in [0.717, 1.165) is 16.8 Å². The zero-order valence-electron chi connectivity index (χ0n) is 7.60. The molecule has 0 aliphatic carbocycles.